The van der Waals surface area contributed by atoms with Gasteiger partial charge in [-0.05, 0) is 79.0 Å². The number of hydrogen-bond donors (Lipinski definition) is 2. The van der Waals surface area contributed by atoms with Crippen LogP contribution in [0.1, 0.15) is 46.7 Å². The van der Waals surface area contributed by atoms with Crippen molar-refractivity contribution in [1.29, 1.82) is 0 Å². The highest BCUT2D eigenvalue weighted by molar-refractivity contribution is 9.11. The number of likely N-dealkylation sites (tertiary alicyclic amines) is 1. The molecule has 0 spiro atoms. The van der Waals surface area contributed by atoms with Crippen LogP contribution in [0.25, 0.3) is 0 Å². The van der Waals surface area contributed by atoms with Crippen LogP contribution in [0.4, 0.5) is 5.69 Å². The molecule has 1 aliphatic heterocycles. The maximum atomic E-state index is 12.6. The van der Waals surface area contributed by atoms with E-state index < -0.39 is 5.54 Å². The van der Waals surface area contributed by atoms with Crippen molar-refractivity contribution in [3.05, 3.63) is 50.6 Å². The molecule has 6 nitrogen and oxygen atoms in total. The van der Waals surface area contributed by atoms with Gasteiger partial charge in [0.15, 0.2) is 0 Å². The average Bonchev–Trinajstić information content (AvgIpc) is 3.33. The van der Waals surface area contributed by atoms with Crippen LogP contribution in [-0.2, 0) is 4.79 Å². The summed E-state index contributed by atoms with van der Waals surface area (Å²) >= 11 is 4.63. The number of carbonyl (C=O) groups is 3. The van der Waals surface area contributed by atoms with E-state index in [1.165, 1.54) is 11.3 Å². The van der Waals surface area contributed by atoms with Crippen LogP contribution in [0.2, 0.25) is 0 Å². The van der Waals surface area contributed by atoms with Crippen LogP contribution in [0.5, 0.6) is 0 Å². The number of halogens is 1. The highest BCUT2D eigenvalue weighted by atomic mass is 79.9. The quantitative estimate of drug-likeness (QED) is 0.705. The van der Waals surface area contributed by atoms with Crippen LogP contribution >= 0.6 is 27.3 Å². The smallest absolute Gasteiger partial charge is 0.262 e. The van der Waals surface area contributed by atoms with Gasteiger partial charge < -0.3 is 15.5 Å². The van der Waals surface area contributed by atoms with Gasteiger partial charge >= 0.3 is 0 Å². The van der Waals surface area contributed by atoms with Gasteiger partial charge in [0.25, 0.3) is 11.8 Å². The largest absolute Gasteiger partial charge is 0.339 e. The van der Waals surface area contributed by atoms with E-state index in [4.69, 9.17) is 0 Å². The fourth-order valence-electron chi connectivity index (χ4n) is 2.92. The summed E-state index contributed by atoms with van der Waals surface area (Å²) in [7, 11) is 0. The molecule has 2 N–H and O–H groups in total. The normalized spacial score (nSPS) is 14.0. The highest BCUT2D eigenvalue weighted by Gasteiger charge is 2.30. The monoisotopic (exact) mass is 463 g/mol. The molecule has 2 heterocycles. The number of anilines is 1. The van der Waals surface area contributed by atoms with Crippen LogP contribution in [-0.4, -0.2) is 41.2 Å². The lowest BCUT2D eigenvalue weighted by atomic mass is 10.0. The standard InChI is InChI=1S/C20H22BrN3O3S/c1-20(2,23-17(25)15-9-10-16(21)28-15)19(27)22-14-7-5-13(6-8-14)18(26)24-11-3-4-12-24/h5-10H,3-4,11-12H2,1-2H3,(H,22,27)(H,23,25). The third kappa shape index (κ3) is 4.80. The third-order valence-corrected chi connectivity index (χ3v) is 6.20. The Hall–Kier alpha value is -2.19. The van der Waals surface area contributed by atoms with Gasteiger partial charge in [0.05, 0.1) is 8.66 Å². The summed E-state index contributed by atoms with van der Waals surface area (Å²) in [5.41, 5.74) is 0.0808. The Balaban J connectivity index is 1.61. The summed E-state index contributed by atoms with van der Waals surface area (Å²) in [6, 6.07) is 10.3. The minimum absolute atomic E-state index is 0.0186. The topological polar surface area (TPSA) is 78.5 Å². The van der Waals surface area contributed by atoms with E-state index in [9.17, 15) is 14.4 Å². The molecule has 148 valence electrons. The number of thiophene rings is 1. The van der Waals surface area contributed by atoms with E-state index in [1.54, 1.807) is 50.2 Å². The molecule has 1 saturated heterocycles. The van der Waals surface area contributed by atoms with Gasteiger partial charge in [-0.25, -0.2) is 0 Å². The number of hydrogen-bond acceptors (Lipinski definition) is 4. The van der Waals surface area contributed by atoms with Crippen LogP contribution < -0.4 is 10.6 Å². The van der Waals surface area contributed by atoms with E-state index in [1.807, 2.05) is 4.90 Å². The summed E-state index contributed by atoms with van der Waals surface area (Å²) in [4.78, 5) is 39.7. The van der Waals surface area contributed by atoms with E-state index in [-0.39, 0.29) is 17.7 Å². The van der Waals surface area contributed by atoms with E-state index in [0.29, 0.717) is 16.1 Å². The Kier molecular flexibility index (Phi) is 6.20. The van der Waals surface area contributed by atoms with E-state index >= 15 is 0 Å². The highest BCUT2D eigenvalue weighted by Crippen LogP contribution is 2.23. The van der Waals surface area contributed by atoms with E-state index in [2.05, 4.69) is 26.6 Å². The second kappa shape index (κ2) is 8.45. The predicted molar refractivity (Wildman–Crippen MR) is 114 cm³/mol. The lowest BCUT2D eigenvalue weighted by Crippen LogP contribution is -2.52. The molecule has 2 aromatic rings. The minimum atomic E-state index is -1.10. The molecule has 28 heavy (non-hydrogen) atoms. The van der Waals surface area contributed by atoms with E-state index in [0.717, 1.165) is 29.7 Å². The molecule has 0 radical (unpaired) electrons. The molecular weight excluding hydrogens is 442 g/mol. The Morgan fingerprint density at radius 2 is 1.68 bits per heavy atom. The van der Waals surface area contributed by atoms with Gasteiger partial charge in [-0.15, -0.1) is 11.3 Å². The van der Waals surface area contributed by atoms with Crippen molar-refractivity contribution in [2.75, 3.05) is 18.4 Å². The summed E-state index contributed by atoms with van der Waals surface area (Å²) in [5, 5.41) is 5.55. The fraction of sp³-hybridized carbons (Fsp3) is 0.350. The molecule has 8 heteroatoms. The predicted octanol–water partition coefficient (Wildman–Crippen LogP) is 3.89. The van der Waals surface area contributed by atoms with Crippen LogP contribution in [0, 0.1) is 0 Å². The van der Waals surface area contributed by atoms with Gasteiger partial charge in [-0.2, -0.15) is 0 Å². The Morgan fingerprint density at radius 3 is 2.25 bits per heavy atom. The first-order chi connectivity index (χ1) is 13.3. The first-order valence-electron chi connectivity index (χ1n) is 9.05. The molecule has 0 saturated carbocycles. The van der Waals surface area contributed by atoms with Crippen LogP contribution in [0.3, 0.4) is 0 Å². The number of nitrogens with zero attached hydrogens (tertiary/aromatic N) is 1. The van der Waals surface area contributed by atoms with Crippen molar-refractivity contribution in [3.8, 4) is 0 Å². The Morgan fingerprint density at radius 1 is 1.04 bits per heavy atom. The number of carbonyl (C=O) groups excluding carboxylic acids is 3. The molecule has 0 atom stereocenters. The Bertz CT molecular complexity index is 886. The lowest BCUT2D eigenvalue weighted by molar-refractivity contribution is -0.120. The summed E-state index contributed by atoms with van der Waals surface area (Å²) < 4.78 is 0.850. The molecule has 1 fully saturated rings. The number of amides is 3. The first kappa shape index (κ1) is 20.5. The van der Waals surface area contributed by atoms with Gasteiger partial charge in [0.1, 0.15) is 5.54 Å². The van der Waals surface area contributed by atoms with Gasteiger partial charge in [-0.3, -0.25) is 14.4 Å². The number of nitrogens with one attached hydrogen (secondary N) is 2. The summed E-state index contributed by atoms with van der Waals surface area (Å²) in [6.45, 7) is 4.89. The molecule has 0 unspecified atom stereocenters. The second-order valence-electron chi connectivity index (χ2n) is 7.21. The fourth-order valence-corrected chi connectivity index (χ4v) is 4.21. The zero-order valence-corrected chi connectivity index (χ0v) is 18.2. The van der Waals surface area contributed by atoms with Crippen LogP contribution in [0.15, 0.2) is 40.2 Å². The molecule has 1 aliphatic rings. The minimum Gasteiger partial charge on any atom is -0.339 e. The summed E-state index contributed by atoms with van der Waals surface area (Å²) in [5.74, 6) is -0.623. The van der Waals surface area contributed by atoms with Crippen molar-refractivity contribution in [1.82, 2.24) is 10.2 Å². The SMILES string of the molecule is CC(C)(NC(=O)c1ccc(Br)s1)C(=O)Nc1ccc(C(=O)N2CCCC2)cc1. The molecular formula is C20H22BrN3O3S. The van der Waals surface area contributed by atoms with Gasteiger partial charge in [-0.1, -0.05) is 0 Å². The van der Waals surface area contributed by atoms with Crippen molar-refractivity contribution in [3.63, 3.8) is 0 Å². The number of benzene rings is 1. The third-order valence-electron chi connectivity index (χ3n) is 4.57. The van der Waals surface area contributed by atoms with Gasteiger partial charge in [0.2, 0.25) is 5.91 Å². The lowest BCUT2D eigenvalue weighted by Gasteiger charge is -2.25. The van der Waals surface area contributed by atoms with Crippen molar-refractivity contribution in [2.24, 2.45) is 0 Å². The maximum absolute atomic E-state index is 12.6. The average molecular weight is 464 g/mol. The summed E-state index contributed by atoms with van der Waals surface area (Å²) in [6.07, 6.45) is 2.09. The Labute approximate surface area is 176 Å². The molecule has 0 aliphatic carbocycles. The molecule has 1 aromatic heterocycles. The molecule has 0 bridgehead atoms. The zero-order valence-electron chi connectivity index (χ0n) is 15.8. The van der Waals surface area contributed by atoms with Crippen molar-refractivity contribution >= 4 is 50.7 Å². The van der Waals surface area contributed by atoms with Crippen molar-refractivity contribution in [2.45, 2.75) is 32.2 Å². The second-order valence-corrected chi connectivity index (χ2v) is 9.68. The first-order valence-corrected chi connectivity index (χ1v) is 10.7. The molecule has 3 amide bonds. The maximum Gasteiger partial charge on any atom is 0.262 e. The van der Waals surface area contributed by atoms with Crippen molar-refractivity contribution < 1.29 is 14.4 Å². The van der Waals surface area contributed by atoms with Gasteiger partial charge in [0, 0.05) is 24.3 Å². The molecule has 1 aromatic carbocycles. The number of rotatable bonds is 5. The molecule has 3 rings (SSSR count). The zero-order chi connectivity index (χ0) is 20.3.